The van der Waals surface area contributed by atoms with Crippen molar-refractivity contribution < 1.29 is 14.1 Å². The molecule has 19 heavy (non-hydrogen) atoms. The number of anilines is 1. The van der Waals surface area contributed by atoms with Gasteiger partial charge >= 0.3 is 0 Å². The van der Waals surface area contributed by atoms with Gasteiger partial charge in [-0.05, 0) is 12.5 Å². The van der Waals surface area contributed by atoms with Crippen molar-refractivity contribution >= 4 is 17.3 Å². The summed E-state index contributed by atoms with van der Waals surface area (Å²) in [7, 11) is 1.71. The second-order valence-electron chi connectivity index (χ2n) is 4.57. The van der Waals surface area contributed by atoms with Crippen LogP contribution >= 0.6 is 0 Å². The first-order valence-electron chi connectivity index (χ1n) is 5.92. The molecule has 2 rings (SSSR count). The van der Waals surface area contributed by atoms with E-state index in [2.05, 4.69) is 5.32 Å². The molecule has 1 atom stereocenters. The van der Waals surface area contributed by atoms with E-state index >= 15 is 0 Å². The summed E-state index contributed by atoms with van der Waals surface area (Å²) in [5, 5.41) is 13.8. The SMILES string of the molecule is CN1CCC(Nc2cc(F)ccc2[N+](=O)[O-])CC1=O. The van der Waals surface area contributed by atoms with Crippen LogP contribution in [0.1, 0.15) is 12.8 Å². The van der Waals surface area contributed by atoms with E-state index in [1.165, 1.54) is 0 Å². The summed E-state index contributed by atoms with van der Waals surface area (Å²) in [4.78, 5) is 23.5. The fourth-order valence-corrected chi connectivity index (χ4v) is 2.07. The van der Waals surface area contributed by atoms with Gasteiger partial charge in [0.1, 0.15) is 11.5 Å². The molecule has 7 heteroatoms. The number of carbonyl (C=O) groups excluding carboxylic acids is 1. The molecule has 1 aliphatic heterocycles. The molecular formula is C12H14FN3O3. The molecule has 1 aliphatic rings. The number of nitrogens with zero attached hydrogens (tertiary/aromatic N) is 2. The third-order valence-corrected chi connectivity index (χ3v) is 3.17. The number of hydrogen-bond donors (Lipinski definition) is 1. The molecule has 0 saturated carbocycles. The molecule has 6 nitrogen and oxygen atoms in total. The summed E-state index contributed by atoms with van der Waals surface area (Å²) >= 11 is 0. The van der Waals surface area contributed by atoms with E-state index in [9.17, 15) is 19.3 Å². The summed E-state index contributed by atoms with van der Waals surface area (Å²) in [6, 6.07) is 3.04. The molecular weight excluding hydrogens is 253 g/mol. The van der Waals surface area contributed by atoms with Crippen molar-refractivity contribution in [2.24, 2.45) is 0 Å². The average molecular weight is 267 g/mol. The normalized spacial score (nSPS) is 19.4. The van der Waals surface area contributed by atoms with E-state index in [4.69, 9.17) is 0 Å². The Kier molecular flexibility index (Phi) is 3.64. The van der Waals surface area contributed by atoms with Crippen molar-refractivity contribution in [2.75, 3.05) is 18.9 Å². The predicted octanol–water partition coefficient (Wildman–Crippen LogP) is 1.77. The second-order valence-corrected chi connectivity index (χ2v) is 4.57. The molecule has 1 saturated heterocycles. The Morgan fingerprint density at radius 2 is 2.26 bits per heavy atom. The van der Waals surface area contributed by atoms with Crippen LogP contribution in [0.2, 0.25) is 0 Å². The lowest BCUT2D eigenvalue weighted by Gasteiger charge is -2.29. The molecule has 1 aromatic rings. The van der Waals surface area contributed by atoms with E-state index in [0.29, 0.717) is 13.0 Å². The van der Waals surface area contributed by atoms with Crippen molar-refractivity contribution in [1.29, 1.82) is 0 Å². The monoisotopic (exact) mass is 267 g/mol. The Labute approximate surface area is 109 Å². The van der Waals surface area contributed by atoms with Crippen LogP contribution in [-0.2, 0) is 4.79 Å². The molecule has 0 bridgehead atoms. The Hall–Kier alpha value is -2.18. The van der Waals surface area contributed by atoms with Gasteiger partial charge < -0.3 is 10.2 Å². The number of piperidine rings is 1. The summed E-state index contributed by atoms with van der Waals surface area (Å²) in [5.41, 5.74) is -0.0693. The van der Waals surface area contributed by atoms with E-state index in [-0.39, 0.29) is 29.7 Å². The Bertz CT molecular complexity index is 521. The molecule has 0 spiro atoms. The zero-order chi connectivity index (χ0) is 14.0. The minimum absolute atomic E-state index is 0.0252. The number of nitro benzene ring substituents is 1. The highest BCUT2D eigenvalue weighted by atomic mass is 19.1. The minimum atomic E-state index is -0.571. The molecule has 1 fully saturated rings. The molecule has 0 aromatic heterocycles. The number of amides is 1. The maximum atomic E-state index is 13.2. The zero-order valence-electron chi connectivity index (χ0n) is 10.4. The number of rotatable bonds is 3. The predicted molar refractivity (Wildman–Crippen MR) is 67.3 cm³/mol. The first-order valence-corrected chi connectivity index (χ1v) is 5.92. The van der Waals surface area contributed by atoms with E-state index in [1.807, 2.05) is 0 Å². The van der Waals surface area contributed by atoms with Crippen molar-refractivity contribution in [3.63, 3.8) is 0 Å². The largest absolute Gasteiger partial charge is 0.376 e. The van der Waals surface area contributed by atoms with Gasteiger partial charge in [-0.3, -0.25) is 14.9 Å². The highest BCUT2D eigenvalue weighted by Crippen LogP contribution is 2.27. The first-order chi connectivity index (χ1) is 8.97. The lowest BCUT2D eigenvalue weighted by molar-refractivity contribution is -0.384. The summed E-state index contributed by atoms with van der Waals surface area (Å²) in [6.07, 6.45) is 0.931. The lowest BCUT2D eigenvalue weighted by atomic mass is 10.0. The number of carbonyl (C=O) groups is 1. The van der Waals surface area contributed by atoms with Crippen LogP contribution in [0.4, 0.5) is 15.8 Å². The van der Waals surface area contributed by atoms with Crippen molar-refractivity contribution in [3.8, 4) is 0 Å². The third-order valence-electron chi connectivity index (χ3n) is 3.17. The smallest absolute Gasteiger partial charge is 0.292 e. The number of likely N-dealkylation sites (tertiary alicyclic amines) is 1. The van der Waals surface area contributed by atoms with Gasteiger partial charge in [0.15, 0.2) is 0 Å². The molecule has 102 valence electrons. The van der Waals surface area contributed by atoms with Crippen LogP contribution in [0.15, 0.2) is 18.2 Å². The van der Waals surface area contributed by atoms with Crippen LogP contribution in [0.3, 0.4) is 0 Å². The first kappa shape index (κ1) is 13.3. The highest BCUT2D eigenvalue weighted by molar-refractivity contribution is 5.78. The van der Waals surface area contributed by atoms with Crippen LogP contribution in [0, 0.1) is 15.9 Å². The van der Waals surface area contributed by atoms with Crippen molar-refractivity contribution in [1.82, 2.24) is 4.90 Å². The maximum Gasteiger partial charge on any atom is 0.292 e. The standard InChI is InChI=1S/C12H14FN3O3/c1-15-5-4-9(7-12(15)17)14-10-6-8(13)2-3-11(10)16(18)19/h2-3,6,9,14H,4-5,7H2,1H3. The number of nitro groups is 1. The Balaban J connectivity index is 2.16. The Morgan fingerprint density at radius 1 is 1.53 bits per heavy atom. The fraction of sp³-hybridized carbons (Fsp3) is 0.417. The number of hydrogen-bond acceptors (Lipinski definition) is 4. The molecule has 0 radical (unpaired) electrons. The average Bonchev–Trinajstić information content (AvgIpc) is 2.33. The fourth-order valence-electron chi connectivity index (χ4n) is 2.07. The number of nitrogens with one attached hydrogen (secondary N) is 1. The Morgan fingerprint density at radius 3 is 2.89 bits per heavy atom. The number of benzene rings is 1. The lowest BCUT2D eigenvalue weighted by Crippen LogP contribution is -2.41. The topological polar surface area (TPSA) is 75.5 Å². The number of halogens is 1. The highest BCUT2D eigenvalue weighted by Gasteiger charge is 2.25. The quantitative estimate of drug-likeness (QED) is 0.669. The van der Waals surface area contributed by atoms with Crippen LogP contribution in [-0.4, -0.2) is 35.4 Å². The maximum absolute atomic E-state index is 13.2. The van der Waals surface area contributed by atoms with Gasteiger partial charge in [-0.15, -0.1) is 0 Å². The minimum Gasteiger partial charge on any atom is -0.376 e. The summed E-state index contributed by atoms with van der Waals surface area (Å²) in [5.74, 6) is -0.574. The van der Waals surface area contributed by atoms with Gasteiger partial charge in [-0.1, -0.05) is 0 Å². The molecule has 0 aliphatic carbocycles. The van der Waals surface area contributed by atoms with Crippen molar-refractivity contribution in [3.05, 3.63) is 34.1 Å². The van der Waals surface area contributed by atoms with E-state index in [0.717, 1.165) is 18.2 Å². The van der Waals surface area contributed by atoms with Crippen LogP contribution in [0.5, 0.6) is 0 Å². The summed E-state index contributed by atoms with van der Waals surface area (Å²) in [6.45, 7) is 0.583. The van der Waals surface area contributed by atoms with Crippen molar-refractivity contribution in [2.45, 2.75) is 18.9 Å². The van der Waals surface area contributed by atoms with Crippen LogP contribution in [0.25, 0.3) is 0 Å². The van der Waals surface area contributed by atoms with Gasteiger partial charge in [0.2, 0.25) is 5.91 Å². The summed E-state index contributed by atoms with van der Waals surface area (Å²) < 4.78 is 13.2. The molecule has 1 N–H and O–H groups in total. The van der Waals surface area contributed by atoms with Gasteiger partial charge in [0.05, 0.1) is 4.92 Å². The van der Waals surface area contributed by atoms with Gasteiger partial charge in [-0.2, -0.15) is 0 Å². The third kappa shape index (κ3) is 2.98. The molecule has 1 aromatic carbocycles. The zero-order valence-corrected chi connectivity index (χ0v) is 10.4. The van der Waals surface area contributed by atoms with E-state index in [1.54, 1.807) is 11.9 Å². The van der Waals surface area contributed by atoms with E-state index < -0.39 is 10.7 Å². The van der Waals surface area contributed by atoms with Crippen LogP contribution < -0.4 is 5.32 Å². The second kappa shape index (κ2) is 5.21. The van der Waals surface area contributed by atoms with Gasteiger partial charge in [0.25, 0.3) is 5.69 Å². The van der Waals surface area contributed by atoms with Gasteiger partial charge in [0, 0.05) is 38.2 Å². The molecule has 1 unspecified atom stereocenters. The molecule has 1 heterocycles. The van der Waals surface area contributed by atoms with Gasteiger partial charge in [-0.25, -0.2) is 4.39 Å². The molecule has 1 amide bonds.